The maximum absolute atomic E-state index is 12.3. The normalized spacial score (nSPS) is 14.8. The average molecular weight is 315 g/mol. The van der Waals surface area contributed by atoms with Crippen LogP contribution in [0.1, 0.15) is 29.3 Å². The topological polar surface area (TPSA) is 35.5 Å². The number of ketones is 1. The second kappa shape index (κ2) is 6.24. The summed E-state index contributed by atoms with van der Waals surface area (Å²) in [6.07, 6.45) is 2.69. The van der Waals surface area contributed by atoms with Gasteiger partial charge in [-0.25, -0.2) is 0 Å². The number of allylic oxidation sites excluding steroid dienone is 1. The molecule has 0 unspecified atom stereocenters. The molecule has 0 aromatic heterocycles. The van der Waals surface area contributed by atoms with E-state index in [-0.39, 0.29) is 5.78 Å². The Hall–Kier alpha value is -2.26. The Kier molecular flexibility index (Phi) is 4.16. The number of carbonyl (C=O) groups excluding carboxylic acids is 1. The zero-order valence-corrected chi connectivity index (χ0v) is 12.9. The molecule has 22 heavy (non-hydrogen) atoms. The van der Waals surface area contributed by atoms with E-state index < -0.39 is 0 Å². The molecule has 4 heteroatoms. The van der Waals surface area contributed by atoms with Gasteiger partial charge in [0.1, 0.15) is 11.5 Å². The summed E-state index contributed by atoms with van der Waals surface area (Å²) in [4.78, 5) is 12.3. The number of Topliss-reactive ketones (excluding diaryl/α,β-unsaturated/α-hetero) is 1. The van der Waals surface area contributed by atoms with Crippen molar-refractivity contribution < 1.29 is 14.3 Å². The monoisotopic (exact) mass is 314 g/mol. The van der Waals surface area contributed by atoms with Crippen LogP contribution < -0.4 is 9.47 Å². The van der Waals surface area contributed by atoms with Gasteiger partial charge in [0.05, 0.1) is 12.2 Å². The van der Waals surface area contributed by atoms with E-state index in [0.717, 1.165) is 17.7 Å². The van der Waals surface area contributed by atoms with E-state index in [1.807, 2.05) is 24.3 Å². The van der Waals surface area contributed by atoms with Crippen LogP contribution in [0.15, 0.2) is 48.2 Å². The third kappa shape index (κ3) is 3.00. The zero-order chi connectivity index (χ0) is 15.5. The van der Waals surface area contributed by atoms with Gasteiger partial charge in [-0.1, -0.05) is 30.7 Å². The lowest BCUT2D eigenvalue weighted by molar-refractivity contribution is 0.101. The van der Waals surface area contributed by atoms with E-state index in [4.69, 9.17) is 21.1 Å². The molecule has 112 valence electrons. The molecule has 0 amide bonds. The maximum Gasteiger partial charge on any atom is 0.232 e. The van der Waals surface area contributed by atoms with Crippen molar-refractivity contribution in [2.24, 2.45) is 0 Å². The van der Waals surface area contributed by atoms with Crippen LogP contribution in [-0.4, -0.2) is 12.4 Å². The first-order chi connectivity index (χ1) is 10.7. The van der Waals surface area contributed by atoms with E-state index in [1.54, 1.807) is 24.3 Å². The van der Waals surface area contributed by atoms with Crippen LogP contribution in [0.4, 0.5) is 0 Å². The molecule has 0 bridgehead atoms. The fourth-order valence-corrected chi connectivity index (χ4v) is 2.36. The third-order valence-electron chi connectivity index (χ3n) is 3.28. The second-order valence-corrected chi connectivity index (χ2v) is 5.43. The van der Waals surface area contributed by atoms with Gasteiger partial charge in [0.25, 0.3) is 0 Å². The molecule has 0 fully saturated rings. The van der Waals surface area contributed by atoms with Crippen LogP contribution in [0, 0.1) is 0 Å². The lowest BCUT2D eigenvalue weighted by Gasteiger charge is -2.04. The van der Waals surface area contributed by atoms with Crippen LogP contribution in [0.5, 0.6) is 11.5 Å². The summed E-state index contributed by atoms with van der Waals surface area (Å²) in [6.45, 7) is 2.75. The number of carbonyl (C=O) groups is 1. The molecule has 0 N–H and O–H groups in total. The molecule has 0 atom stereocenters. The smallest absolute Gasteiger partial charge is 0.232 e. The van der Waals surface area contributed by atoms with Crippen LogP contribution in [0.25, 0.3) is 6.08 Å². The van der Waals surface area contributed by atoms with E-state index in [0.29, 0.717) is 28.7 Å². The number of fused-ring (bicyclic) bond motifs is 1. The molecule has 3 rings (SSSR count). The van der Waals surface area contributed by atoms with E-state index >= 15 is 0 Å². The first-order valence-electron chi connectivity index (χ1n) is 7.14. The van der Waals surface area contributed by atoms with Crippen molar-refractivity contribution in [3.8, 4) is 11.5 Å². The minimum absolute atomic E-state index is 0.149. The van der Waals surface area contributed by atoms with Gasteiger partial charge in [0.15, 0.2) is 5.76 Å². The van der Waals surface area contributed by atoms with Crippen molar-refractivity contribution >= 4 is 23.5 Å². The first kappa shape index (κ1) is 14.7. The molecule has 2 aromatic carbocycles. The minimum atomic E-state index is -0.149. The van der Waals surface area contributed by atoms with Gasteiger partial charge in [-0.3, -0.25) is 4.79 Å². The highest BCUT2D eigenvalue weighted by atomic mass is 35.5. The summed E-state index contributed by atoms with van der Waals surface area (Å²) in [6, 6.07) is 12.6. The second-order valence-electron chi connectivity index (χ2n) is 5.00. The number of hydrogen-bond acceptors (Lipinski definition) is 3. The summed E-state index contributed by atoms with van der Waals surface area (Å²) in [7, 11) is 0. The molecule has 1 heterocycles. The third-order valence-corrected chi connectivity index (χ3v) is 3.52. The molecule has 0 radical (unpaired) electrons. The van der Waals surface area contributed by atoms with Crippen LogP contribution >= 0.6 is 11.6 Å². The number of hydrogen-bond donors (Lipinski definition) is 0. The van der Waals surface area contributed by atoms with Crippen molar-refractivity contribution in [1.29, 1.82) is 0 Å². The maximum atomic E-state index is 12.3. The fraction of sp³-hybridized carbons (Fsp3) is 0.167. The number of halogens is 1. The lowest BCUT2D eigenvalue weighted by atomic mass is 10.1. The van der Waals surface area contributed by atoms with Crippen LogP contribution in [0.3, 0.4) is 0 Å². The molecule has 3 nitrogen and oxygen atoms in total. The van der Waals surface area contributed by atoms with Crippen LogP contribution in [0.2, 0.25) is 5.02 Å². The Morgan fingerprint density at radius 1 is 1.18 bits per heavy atom. The lowest BCUT2D eigenvalue weighted by Crippen LogP contribution is -1.98. The van der Waals surface area contributed by atoms with E-state index in [9.17, 15) is 4.79 Å². The van der Waals surface area contributed by atoms with Crippen molar-refractivity contribution in [1.82, 2.24) is 0 Å². The minimum Gasteiger partial charge on any atom is -0.494 e. The molecule has 2 aromatic rings. The van der Waals surface area contributed by atoms with Gasteiger partial charge in [0, 0.05) is 5.02 Å². The Balaban J connectivity index is 1.80. The Labute approximate surface area is 134 Å². The first-order valence-corrected chi connectivity index (χ1v) is 7.52. The Morgan fingerprint density at radius 2 is 1.95 bits per heavy atom. The molecule has 1 aliphatic rings. The van der Waals surface area contributed by atoms with Crippen molar-refractivity contribution in [3.05, 3.63) is 64.4 Å². The number of benzene rings is 2. The van der Waals surface area contributed by atoms with E-state index in [2.05, 4.69) is 6.92 Å². The van der Waals surface area contributed by atoms with Gasteiger partial charge in [-0.2, -0.15) is 0 Å². The molecule has 0 saturated heterocycles. The predicted molar refractivity (Wildman–Crippen MR) is 86.6 cm³/mol. The van der Waals surface area contributed by atoms with Gasteiger partial charge in [-0.05, 0) is 48.4 Å². The van der Waals surface area contributed by atoms with Crippen molar-refractivity contribution in [2.75, 3.05) is 6.61 Å². The average Bonchev–Trinajstić information content (AvgIpc) is 2.83. The molecule has 0 aliphatic carbocycles. The molecule has 0 spiro atoms. The highest BCUT2D eigenvalue weighted by Crippen LogP contribution is 2.33. The van der Waals surface area contributed by atoms with Gasteiger partial charge in [-0.15, -0.1) is 0 Å². The highest BCUT2D eigenvalue weighted by Gasteiger charge is 2.27. The van der Waals surface area contributed by atoms with E-state index in [1.165, 1.54) is 0 Å². The van der Waals surface area contributed by atoms with Crippen molar-refractivity contribution in [2.45, 2.75) is 13.3 Å². The summed E-state index contributed by atoms with van der Waals surface area (Å²) in [5.74, 6) is 1.52. The number of ether oxygens (including phenoxy) is 2. The summed E-state index contributed by atoms with van der Waals surface area (Å²) in [5, 5.41) is 0.523. The van der Waals surface area contributed by atoms with Crippen molar-refractivity contribution in [3.63, 3.8) is 0 Å². The molecular formula is C18H15ClO3. The summed E-state index contributed by atoms with van der Waals surface area (Å²) >= 11 is 5.91. The molecule has 0 saturated carbocycles. The zero-order valence-electron chi connectivity index (χ0n) is 12.1. The highest BCUT2D eigenvalue weighted by molar-refractivity contribution is 6.31. The quantitative estimate of drug-likeness (QED) is 0.764. The largest absolute Gasteiger partial charge is 0.494 e. The fourth-order valence-electron chi connectivity index (χ4n) is 2.19. The summed E-state index contributed by atoms with van der Waals surface area (Å²) < 4.78 is 11.1. The standard InChI is InChI=1S/C18H15ClO3/c1-2-9-21-14-6-3-12(4-7-14)10-17-18(20)15-11-13(19)5-8-16(15)22-17/h3-8,10-11H,2,9H2,1H3/b17-10-. The van der Waals surface area contributed by atoms with Gasteiger partial charge < -0.3 is 9.47 Å². The van der Waals surface area contributed by atoms with Crippen LogP contribution in [-0.2, 0) is 0 Å². The number of rotatable bonds is 4. The summed E-state index contributed by atoms with van der Waals surface area (Å²) in [5.41, 5.74) is 1.38. The molecule has 1 aliphatic heterocycles. The van der Waals surface area contributed by atoms with Gasteiger partial charge >= 0.3 is 0 Å². The Bertz CT molecular complexity index is 732. The van der Waals surface area contributed by atoms with Gasteiger partial charge in [0.2, 0.25) is 5.78 Å². The predicted octanol–water partition coefficient (Wildman–Crippen LogP) is 4.75. The molecular weight excluding hydrogens is 300 g/mol. The Morgan fingerprint density at radius 3 is 2.68 bits per heavy atom. The SMILES string of the molecule is CCCOc1ccc(/C=C2\Oc3ccc(Cl)cc3C2=O)cc1.